The Hall–Kier alpha value is -3.53. The number of carbonyl (C=O) groups is 3. The maximum absolute atomic E-state index is 12.8. The first-order valence-corrected chi connectivity index (χ1v) is 8.94. The molecule has 7 nitrogen and oxygen atoms in total. The molecule has 1 aromatic heterocycles. The van der Waals surface area contributed by atoms with E-state index in [4.69, 9.17) is 5.26 Å². The van der Waals surface area contributed by atoms with Crippen molar-refractivity contribution in [1.29, 1.82) is 5.26 Å². The highest BCUT2D eigenvalue weighted by Gasteiger charge is 2.25. The zero-order valence-corrected chi connectivity index (χ0v) is 15.8. The number of benzene rings is 1. The number of nitriles is 1. The van der Waals surface area contributed by atoms with Crippen LogP contribution in [0.1, 0.15) is 46.7 Å². The van der Waals surface area contributed by atoms with Gasteiger partial charge in [-0.15, -0.1) is 0 Å². The second kappa shape index (κ2) is 9.97. The lowest BCUT2D eigenvalue weighted by Crippen LogP contribution is -2.48. The van der Waals surface area contributed by atoms with Crippen molar-refractivity contribution in [3.8, 4) is 6.07 Å². The highest BCUT2D eigenvalue weighted by molar-refractivity contribution is 6.14. The van der Waals surface area contributed by atoms with E-state index in [1.807, 2.05) is 19.9 Å². The second-order valence-electron chi connectivity index (χ2n) is 6.63. The Labute approximate surface area is 163 Å². The highest BCUT2D eigenvalue weighted by Crippen LogP contribution is 2.14. The SMILES string of the molecule is CC(C)C[C@H](NC(=O)c1ncccc1C(=O)c1ccccc1)C(=O)NCC#N. The minimum Gasteiger partial charge on any atom is -0.341 e. The predicted molar refractivity (Wildman–Crippen MR) is 103 cm³/mol. The number of hydrogen-bond acceptors (Lipinski definition) is 5. The topological polar surface area (TPSA) is 112 Å². The van der Waals surface area contributed by atoms with Gasteiger partial charge in [0.25, 0.3) is 5.91 Å². The molecule has 0 bridgehead atoms. The van der Waals surface area contributed by atoms with E-state index in [1.54, 1.807) is 36.4 Å². The third kappa shape index (κ3) is 5.48. The van der Waals surface area contributed by atoms with Crippen LogP contribution in [0.15, 0.2) is 48.7 Å². The van der Waals surface area contributed by atoms with Crippen molar-refractivity contribution in [3.05, 3.63) is 65.5 Å². The van der Waals surface area contributed by atoms with Crippen LogP contribution in [-0.4, -0.2) is 35.2 Å². The van der Waals surface area contributed by atoms with Crippen LogP contribution in [0.3, 0.4) is 0 Å². The number of nitrogens with one attached hydrogen (secondary N) is 2. The van der Waals surface area contributed by atoms with E-state index in [0.717, 1.165) is 0 Å². The molecule has 1 atom stereocenters. The van der Waals surface area contributed by atoms with Crippen LogP contribution in [-0.2, 0) is 4.79 Å². The summed E-state index contributed by atoms with van der Waals surface area (Å²) >= 11 is 0. The Morgan fingerprint density at radius 2 is 1.82 bits per heavy atom. The molecule has 0 spiro atoms. The summed E-state index contributed by atoms with van der Waals surface area (Å²) in [5, 5.41) is 13.7. The van der Waals surface area contributed by atoms with Gasteiger partial charge in [0.1, 0.15) is 18.3 Å². The molecule has 2 aromatic rings. The van der Waals surface area contributed by atoms with Gasteiger partial charge in [-0.25, -0.2) is 0 Å². The van der Waals surface area contributed by atoms with Gasteiger partial charge in [-0.05, 0) is 24.5 Å². The summed E-state index contributed by atoms with van der Waals surface area (Å²) in [6.07, 6.45) is 1.81. The Morgan fingerprint density at radius 3 is 2.46 bits per heavy atom. The minimum absolute atomic E-state index is 0.0433. The monoisotopic (exact) mass is 378 g/mol. The number of ketones is 1. The van der Waals surface area contributed by atoms with Crippen LogP contribution in [0.4, 0.5) is 0 Å². The van der Waals surface area contributed by atoms with Gasteiger partial charge in [0.05, 0.1) is 11.6 Å². The maximum atomic E-state index is 12.8. The van der Waals surface area contributed by atoms with Crippen molar-refractivity contribution in [2.75, 3.05) is 6.54 Å². The molecule has 0 saturated heterocycles. The van der Waals surface area contributed by atoms with E-state index < -0.39 is 17.9 Å². The zero-order valence-electron chi connectivity index (χ0n) is 15.8. The van der Waals surface area contributed by atoms with Gasteiger partial charge in [0.2, 0.25) is 5.91 Å². The van der Waals surface area contributed by atoms with Crippen molar-refractivity contribution >= 4 is 17.6 Å². The average molecular weight is 378 g/mol. The largest absolute Gasteiger partial charge is 0.341 e. The number of hydrogen-bond donors (Lipinski definition) is 2. The second-order valence-corrected chi connectivity index (χ2v) is 6.63. The molecule has 28 heavy (non-hydrogen) atoms. The van der Waals surface area contributed by atoms with Gasteiger partial charge in [0.15, 0.2) is 5.78 Å². The summed E-state index contributed by atoms with van der Waals surface area (Å²) in [6.45, 7) is 3.69. The van der Waals surface area contributed by atoms with E-state index in [9.17, 15) is 14.4 Å². The summed E-state index contributed by atoms with van der Waals surface area (Å²) in [4.78, 5) is 41.9. The third-order valence-electron chi connectivity index (χ3n) is 3.97. The van der Waals surface area contributed by atoms with Crippen molar-refractivity contribution in [3.63, 3.8) is 0 Å². The van der Waals surface area contributed by atoms with E-state index >= 15 is 0 Å². The van der Waals surface area contributed by atoms with E-state index in [0.29, 0.717) is 12.0 Å². The number of pyridine rings is 1. The number of amides is 2. The van der Waals surface area contributed by atoms with Crippen molar-refractivity contribution in [2.45, 2.75) is 26.3 Å². The van der Waals surface area contributed by atoms with Crippen molar-refractivity contribution < 1.29 is 14.4 Å². The van der Waals surface area contributed by atoms with Gasteiger partial charge in [-0.3, -0.25) is 19.4 Å². The van der Waals surface area contributed by atoms with Crippen LogP contribution in [0.25, 0.3) is 0 Å². The Morgan fingerprint density at radius 1 is 1.11 bits per heavy atom. The van der Waals surface area contributed by atoms with Crippen LogP contribution >= 0.6 is 0 Å². The van der Waals surface area contributed by atoms with Crippen LogP contribution in [0.5, 0.6) is 0 Å². The van der Waals surface area contributed by atoms with Gasteiger partial charge in [-0.1, -0.05) is 44.2 Å². The van der Waals surface area contributed by atoms with E-state index in [-0.39, 0.29) is 29.5 Å². The van der Waals surface area contributed by atoms with Crippen LogP contribution in [0.2, 0.25) is 0 Å². The van der Waals surface area contributed by atoms with Crippen molar-refractivity contribution in [2.24, 2.45) is 5.92 Å². The predicted octanol–water partition coefficient (Wildman–Crippen LogP) is 2.10. The number of carbonyl (C=O) groups excluding carboxylic acids is 3. The summed E-state index contributed by atoms with van der Waals surface area (Å²) in [5.74, 6) is -1.26. The molecule has 1 aromatic carbocycles. The maximum Gasteiger partial charge on any atom is 0.271 e. The molecule has 2 N–H and O–H groups in total. The quantitative estimate of drug-likeness (QED) is 0.540. The third-order valence-corrected chi connectivity index (χ3v) is 3.97. The first-order chi connectivity index (χ1) is 13.4. The molecule has 0 radical (unpaired) electrons. The highest BCUT2D eigenvalue weighted by atomic mass is 16.2. The fraction of sp³-hybridized carbons (Fsp3) is 0.286. The molecule has 0 aliphatic heterocycles. The van der Waals surface area contributed by atoms with E-state index in [2.05, 4.69) is 15.6 Å². The molecule has 2 amide bonds. The Balaban J connectivity index is 2.26. The lowest BCUT2D eigenvalue weighted by molar-refractivity contribution is -0.123. The Kier molecular flexibility index (Phi) is 7.40. The van der Waals surface area contributed by atoms with Crippen LogP contribution in [0, 0.1) is 17.2 Å². The molecule has 0 unspecified atom stereocenters. The van der Waals surface area contributed by atoms with Gasteiger partial charge >= 0.3 is 0 Å². The number of nitrogens with zero attached hydrogens (tertiary/aromatic N) is 2. The molecule has 0 fully saturated rings. The molecule has 0 aliphatic carbocycles. The molecular formula is C21H22N4O3. The molecular weight excluding hydrogens is 356 g/mol. The standard InChI is InChI=1S/C21H22N4O3/c1-14(2)13-17(20(27)24-12-10-22)25-21(28)18-16(9-6-11-23-18)19(26)15-7-4-3-5-8-15/h3-9,11,14,17H,12-13H2,1-2H3,(H,24,27)(H,25,28)/t17-/m0/s1. The molecule has 1 heterocycles. The molecule has 144 valence electrons. The lowest BCUT2D eigenvalue weighted by Gasteiger charge is -2.20. The first-order valence-electron chi connectivity index (χ1n) is 8.94. The summed E-state index contributed by atoms with van der Waals surface area (Å²) in [5.41, 5.74) is 0.556. The Bertz CT molecular complexity index is 888. The average Bonchev–Trinajstić information content (AvgIpc) is 2.71. The molecule has 7 heteroatoms. The van der Waals surface area contributed by atoms with Crippen molar-refractivity contribution in [1.82, 2.24) is 15.6 Å². The van der Waals surface area contributed by atoms with E-state index in [1.165, 1.54) is 12.3 Å². The zero-order chi connectivity index (χ0) is 20.5. The summed E-state index contributed by atoms with van der Waals surface area (Å²) < 4.78 is 0. The minimum atomic E-state index is -0.831. The molecule has 2 rings (SSSR count). The summed E-state index contributed by atoms with van der Waals surface area (Å²) in [6, 6.07) is 12.7. The van der Waals surface area contributed by atoms with Gasteiger partial charge < -0.3 is 10.6 Å². The van der Waals surface area contributed by atoms with Gasteiger partial charge in [-0.2, -0.15) is 5.26 Å². The fourth-order valence-electron chi connectivity index (χ4n) is 2.69. The molecule has 0 aliphatic rings. The number of aromatic nitrogens is 1. The first kappa shape index (κ1) is 20.8. The fourth-order valence-corrected chi connectivity index (χ4v) is 2.69. The normalized spacial score (nSPS) is 11.4. The lowest BCUT2D eigenvalue weighted by atomic mass is 10.00. The summed E-state index contributed by atoms with van der Waals surface area (Å²) in [7, 11) is 0. The number of rotatable bonds is 8. The smallest absolute Gasteiger partial charge is 0.271 e. The van der Waals surface area contributed by atoms with Crippen LogP contribution < -0.4 is 10.6 Å². The van der Waals surface area contributed by atoms with Gasteiger partial charge in [0, 0.05) is 11.8 Å². The molecule has 0 saturated carbocycles.